The lowest BCUT2D eigenvalue weighted by Crippen LogP contribution is -2.40. The highest BCUT2D eigenvalue weighted by atomic mass is 32.2. The molecule has 3 rings (SSSR count). The second-order valence-corrected chi connectivity index (χ2v) is 9.79. The average Bonchev–Trinajstić information content (AvgIpc) is 3.23. The number of ether oxygens (including phenoxy) is 1. The summed E-state index contributed by atoms with van der Waals surface area (Å²) in [7, 11) is -3.41. The summed E-state index contributed by atoms with van der Waals surface area (Å²) >= 11 is 2.61. The second kappa shape index (κ2) is 7.44. The summed E-state index contributed by atoms with van der Waals surface area (Å²) in [6, 6.07) is 3.52. The number of morpholine rings is 1. The molecule has 1 fully saturated rings. The van der Waals surface area contributed by atoms with Gasteiger partial charge in [-0.1, -0.05) is 13.8 Å². The molecule has 0 unspecified atom stereocenters. The van der Waals surface area contributed by atoms with Crippen LogP contribution in [0.4, 0.5) is 5.13 Å². The quantitative estimate of drug-likeness (QED) is 0.818. The molecule has 0 radical (unpaired) electrons. The molecule has 1 aliphatic heterocycles. The first-order valence-corrected chi connectivity index (χ1v) is 10.7. The van der Waals surface area contributed by atoms with Gasteiger partial charge < -0.3 is 10.1 Å². The van der Waals surface area contributed by atoms with Crippen molar-refractivity contribution in [3.05, 3.63) is 22.8 Å². The molecule has 2 aromatic heterocycles. The van der Waals surface area contributed by atoms with Crippen LogP contribution in [0.5, 0.6) is 0 Å². The van der Waals surface area contributed by atoms with Crippen LogP contribution in [0.3, 0.4) is 0 Å². The Bertz CT molecular complexity index is 779. The van der Waals surface area contributed by atoms with Crippen molar-refractivity contribution >= 4 is 38.0 Å². The van der Waals surface area contributed by atoms with Crippen LogP contribution < -0.4 is 5.32 Å². The zero-order valence-electron chi connectivity index (χ0n) is 13.6. The summed E-state index contributed by atoms with van der Waals surface area (Å²) in [4.78, 5) is 5.36. The van der Waals surface area contributed by atoms with Crippen LogP contribution in [0, 0.1) is 0 Å². The first-order chi connectivity index (χ1) is 11.5. The number of nitrogens with zero attached hydrogens (tertiary/aromatic N) is 3. The molecule has 0 aliphatic carbocycles. The van der Waals surface area contributed by atoms with Gasteiger partial charge in [0, 0.05) is 35.4 Å². The first kappa shape index (κ1) is 17.7. The molecular formula is C14H20N4O3S3. The Balaban J connectivity index is 1.64. The molecule has 3 heterocycles. The number of sulfonamides is 1. The van der Waals surface area contributed by atoms with E-state index in [0.717, 1.165) is 15.8 Å². The van der Waals surface area contributed by atoms with Crippen molar-refractivity contribution in [1.29, 1.82) is 0 Å². The van der Waals surface area contributed by atoms with Crippen molar-refractivity contribution in [2.75, 3.05) is 31.6 Å². The highest BCUT2D eigenvalue weighted by molar-refractivity contribution is 7.91. The van der Waals surface area contributed by atoms with Crippen molar-refractivity contribution in [3.63, 3.8) is 0 Å². The maximum atomic E-state index is 12.6. The molecule has 0 saturated carbocycles. The van der Waals surface area contributed by atoms with Crippen LogP contribution in [-0.4, -0.2) is 48.4 Å². The highest BCUT2D eigenvalue weighted by Crippen LogP contribution is 2.26. The van der Waals surface area contributed by atoms with E-state index < -0.39 is 10.0 Å². The lowest BCUT2D eigenvalue weighted by atomic mass is 10.2. The van der Waals surface area contributed by atoms with E-state index in [2.05, 4.69) is 14.7 Å². The molecule has 0 spiro atoms. The molecule has 1 aliphatic rings. The summed E-state index contributed by atoms with van der Waals surface area (Å²) in [5.74, 6) is 1.12. The van der Waals surface area contributed by atoms with E-state index in [1.54, 1.807) is 6.07 Å². The van der Waals surface area contributed by atoms with Crippen molar-refractivity contribution in [2.45, 2.75) is 30.5 Å². The minimum absolute atomic E-state index is 0.295. The molecule has 10 heteroatoms. The van der Waals surface area contributed by atoms with Gasteiger partial charge >= 0.3 is 0 Å². The van der Waals surface area contributed by atoms with Gasteiger partial charge in [0.05, 0.1) is 19.8 Å². The van der Waals surface area contributed by atoms with Gasteiger partial charge in [0.25, 0.3) is 10.0 Å². The Kier molecular flexibility index (Phi) is 5.50. The van der Waals surface area contributed by atoms with Crippen LogP contribution in [0.25, 0.3) is 0 Å². The Morgan fingerprint density at radius 3 is 2.75 bits per heavy atom. The fraction of sp³-hybridized carbons (Fsp3) is 0.571. The van der Waals surface area contributed by atoms with Crippen molar-refractivity contribution < 1.29 is 13.2 Å². The molecule has 0 atom stereocenters. The van der Waals surface area contributed by atoms with E-state index in [0.29, 0.717) is 43.0 Å². The topological polar surface area (TPSA) is 84.4 Å². The van der Waals surface area contributed by atoms with Gasteiger partial charge in [-0.05, 0) is 12.1 Å². The molecule has 7 nitrogen and oxygen atoms in total. The van der Waals surface area contributed by atoms with Crippen LogP contribution in [0.2, 0.25) is 0 Å². The van der Waals surface area contributed by atoms with Crippen molar-refractivity contribution in [1.82, 2.24) is 13.7 Å². The van der Waals surface area contributed by atoms with Gasteiger partial charge in [-0.3, -0.25) is 0 Å². The van der Waals surface area contributed by atoms with Crippen molar-refractivity contribution in [3.8, 4) is 0 Å². The number of hydrogen-bond donors (Lipinski definition) is 1. The number of hydrogen-bond acceptors (Lipinski definition) is 8. The Hall–Kier alpha value is -1.07. The number of rotatable bonds is 6. The minimum Gasteiger partial charge on any atom is -0.379 e. The first-order valence-electron chi connectivity index (χ1n) is 7.71. The lowest BCUT2D eigenvalue weighted by molar-refractivity contribution is 0.0731. The number of thiophene rings is 1. The zero-order valence-corrected chi connectivity index (χ0v) is 16.0. The van der Waals surface area contributed by atoms with E-state index in [9.17, 15) is 8.42 Å². The molecule has 1 N–H and O–H groups in total. The van der Waals surface area contributed by atoms with Crippen LogP contribution in [0.1, 0.15) is 30.5 Å². The van der Waals surface area contributed by atoms with Gasteiger partial charge in [0.1, 0.15) is 10.0 Å². The maximum Gasteiger partial charge on any atom is 0.252 e. The standard InChI is InChI=1S/C14H20N4O3S3/c1-10(2)13-16-14(23-17-13)15-9-11-3-4-12(22-11)24(19,20)18-5-7-21-8-6-18/h3-4,10H,5-9H2,1-2H3,(H,15,16,17). The smallest absolute Gasteiger partial charge is 0.252 e. The molecule has 1 saturated heterocycles. The fourth-order valence-electron chi connectivity index (χ4n) is 2.21. The van der Waals surface area contributed by atoms with Gasteiger partial charge in [-0.2, -0.15) is 8.68 Å². The number of nitrogens with one attached hydrogen (secondary N) is 1. The Morgan fingerprint density at radius 2 is 2.08 bits per heavy atom. The molecule has 24 heavy (non-hydrogen) atoms. The summed E-state index contributed by atoms with van der Waals surface area (Å²) in [6.07, 6.45) is 0. The van der Waals surface area contributed by atoms with Gasteiger partial charge in [0.2, 0.25) is 5.13 Å². The normalized spacial score (nSPS) is 16.6. The SMILES string of the molecule is CC(C)c1nsc(NCc2ccc(S(=O)(=O)N3CCOCC3)s2)n1. The molecule has 2 aromatic rings. The van der Waals surface area contributed by atoms with E-state index in [1.807, 2.05) is 19.9 Å². The largest absolute Gasteiger partial charge is 0.379 e. The van der Waals surface area contributed by atoms with E-state index >= 15 is 0 Å². The van der Waals surface area contributed by atoms with Gasteiger partial charge in [0.15, 0.2) is 0 Å². The molecule has 0 bridgehead atoms. The minimum atomic E-state index is -3.41. The molecule has 132 valence electrons. The molecular weight excluding hydrogens is 368 g/mol. The summed E-state index contributed by atoms with van der Waals surface area (Å²) < 4.78 is 36.6. The van der Waals surface area contributed by atoms with Crippen molar-refractivity contribution in [2.24, 2.45) is 0 Å². The van der Waals surface area contributed by atoms with Gasteiger partial charge in [-0.15, -0.1) is 11.3 Å². The zero-order chi connectivity index (χ0) is 17.2. The third-order valence-corrected chi connectivity index (χ3v) is 7.71. The number of anilines is 1. The van der Waals surface area contributed by atoms with E-state index in [1.165, 1.54) is 27.2 Å². The Morgan fingerprint density at radius 1 is 1.33 bits per heavy atom. The average molecular weight is 389 g/mol. The maximum absolute atomic E-state index is 12.6. The van der Waals surface area contributed by atoms with E-state index in [4.69, 9.17) is 4.74 Å². The summed E-state index contributed by atoms with van der Waals surface area (Å²) in [5, 5.41) is 3.96. The monoisotopic (exact) mass is 388 g/mol. The van der Waals surface area contributed by atoms with Gasteiger partial charge in [-0.25, -0.2) is 13.4 Å². The number of aromatic nitrogens is 2. The predicted octanol–water partition coefficient (Wildman–Crippen LogP) is 2.36. The Labute approximate surface area is 149 Å². The molecule has 0 amide bonds. The van der Waals surface area contributed by atoms with Crippen LogP contribution in [-0.2, 0) is 21.3 Å². The van der Waals surface area contributed by atoms with E-state index in [-0.39, 0.29) is 0 Å². The fourth-order valence-corrected chi connectivity index (χ4v) is 5.77. The van der Waals surface area contributed by atoms with Crippen LogP contribution >= 0.6 is 22.9 Å². The predicted molar refractivity (Wildman–Crippen MR) is 95.2 cm³/mol. The highest BCUT2D eigenvalue weighted by Gasteiger charge is 2.27. The van der Waals surface area contributed by atoms with Crippen LogP contribution in [0.15, 0.2) is 16.3 Å². The summed E-state index contributed by atoms with van der Waals surface area (Å²) in [6.45, 7) is 6.37. The molecule has 0 aromatic carbocycles. The summed E-state index contributed by atoms with van der Waals surface area (Å²) in [5.41, 5.74) is 0. The second-order valence-electron chi connectivity index (χ2n) is 5.70. The lowest BCUT2D eigenvalue weighted by Gasteiger charge is -2.25. The third kappa shape index (κ3) is 3.94. The third-order valence-electron chi connectivity index (χ3n) is 3.57.